The second kappa shape index (κ2) is 7.39. The summed E-state index contributed by atoms with van der Waals surface area (Å²) in [6, 6.07) is 3.84. The van der Waals surface area contributed by atoms with Gasteiger partial charge in [0, 0.05) is 6.20 Å². The van der Waals surface area contributed by atoms with E-state index in [-0.39, 0.29) is 24.9 Å². The standard InChI is InChI=1S/C12H18N4O2/c1-2-9-4-3-5-14-10(9)7-15-12(18)8-16-11(17)6-13/h3-5H,2,6-8,13H2,1H3,(H,15,18)(H,16,17). The van der Waals surface area contributed by atoms with Crippen LogP contribution < -0.4 is 16.4 Å². The Bertz CT molecular complexity index is 420. The Labute approximate surface area is 106 Å². The van der Waals surface area contributed by atoms with Crippen LogP contribution in [0.4, 0.5) is 0 Å². The van der Waals surface area contributed by atoms with Crippen LogP contribution in [0.5, 0.6) is 0 Å². The second-order valence-electron chi connectivity index (χ2n) is 3.72. The van der Waals surface area contributed by atoms with Crippen molar-refractivity contribution in [2.75, 3.05) is 13.1 Å². The van der Waals surface area contributed by atoms with Crippen LogP contribution in [0.3, 0.4) is 0 Å². The molecule has 0 fully saturated rings. The van der Waals surface area contributed by atoms with Crippen molar-refractivity contribution in [2.45, 2.75) is 19.9 Å². The first-order chi connectivity index (χ1) is 8.67. The zero-order valence-electron chi connectivity index (χ0n) is 10.4. The van der Waals surface area contributed by atoms with E-state index in [4.69, 9.17) is 5.73 Å². The molecule has 0 aromatic carbocycles. The summed E-state index contributed by atoms with van der Waals surface area (Å²) in [7, 11) is 0. The van der Waals surface area contributed by atoms with Crippen molar-refractivity contribution in [1.82, 2.24) is 15.6 Å². The SMILES string of the molecule is CCc1cccnc1CNC(=O)CNC(=O)CN. The molecule has 0 unspecified atom stereocenters. The maximum absolute atomic E-state index is 11.4. The van der Waals surface area contributed by atoms with Gasteiger partial charge in [0.2, 0.25) is 11.8 Å². The molecule has 1 heterocycles. The van der Waals surface area contributed by atoms with Crippen molar-refractivity contribution in [3.05, 3.63) is 29.6 Å². The van der Waals surface area contributed by atoms with E-state index in [0.29, 0.717) is 6.54 Å². The van der Waals surface area contributed by atoms with E-state index in [0.717, 1.165) is 17.7 Å². The highest BCUT2D eigenvalue weighted by atomic mass is 16.2. The van der Waals surface area contributed by atoms with Gasteiger partial charge in [-0.2, -0.15) is 0 Å². The molecule has 0 aliphatic heterocycles. The smallest absolute Gasteiger partial charge is 0.239 e. The van der Waals surface area contributed by atoms with E-state index in [9.17, 15) is 9.59 Å². The molecule has 0 atom stereocenters. The number of aromatic nitrogens is 1. The zero-order valence-corrected chi connectivity index (χ0v) is 10.4. The number of nitrogens with two attached hydrogens (primary N) is 1. The Hall–Kier alpha value is -1.95. The lowest BCUT2D eigenvalue weighted by molar-refractivity contribution is -0.125. The van der Waals surface area contributed by atoms with E-state index in [1.54, 1.807) is 6.20 Å². The second-order valence-corrected chi connectivity index (χ2v) is 3.72. The molecule has 0 saturated carbocycles. The summed E-state index contributed by atoms with van der Waals surface area (Å²) in [6.07, 6.45) is 2.56. The highest BCUT2D eigenvalue weighted by Crippen LogP contribution is 2.05. The molecule has 0 aliphatic rings. The Balaban J connectivity index is 2.40. The summed E-state index contributed by atoms with van der Waals surface area (Å²) in [4.78, 5) is 26.5. The van der Waals surface area contributed by atoms with Gasteiger partial charge >= 0.3 is 0 Å². The third kappa shape index (κ3) is 4.50. The zero-order chi connectivity index (χ0) is 13.4. The summed E-state index contributed by atoms with van der Waals surface area (Å²) in [5.41, 5.74) is 7.05. The summed E-state index contributed by atoms with van der Waals surface area (Å²) in [6.45, 7) is 2.21. The molecule has 0 aliphatic carbocycles. The van der Waals surface area contributed by atoms with Gasteiger partial charge in [0.1, 0.15) is 0 Å². The van der Waals surface area contributed by atoms with Crippen LogP contribution in [0.15, 0.2) is 18.3 Å². The van der Waals surface area contributed by atoms with Gasteiger partial charge in [0.05, 0.1) is 25.3 Å². The highest BCUT2D eigenvalue weighted by Gasteiger charge is 2.06. The normalized spacial score (nSPS) is 9.89. The van der Waals surface area contributed by atoms with Crippen LogP contribution in [0, 0.1) is 0 Å². The molecule has 0 saturated heterocycles. The van der Waals surface area contributed by atoms with E-state index >= 15 is 0 Å². The van der Waals surface area contributed by atoms with Gasteiger partial charge in [-0.15, -0.1) is 0 Å². The molecular weight excluding hydrogens is 232 g/mol. The van der Waals surface area contributed by atoms with Gasteiger partial charge in [-0.1, -0.05) is 13.0 Å². The number of aryl methyl sites for hydroxylation is 1. The van der Waals surface area contributed by atoms with Gasteiger partial charge in [0.15, 0.2) is 0 Å². The third-order valence-corrected chi connectivity index (χ3v) is 2.45. The molecule has 1 aromatic heterocycles. The van der Waals surface area contributed by atoms with Crippen molar-refractivity contribution in [1.29, 1.82) is 0 Å². The number of hydrogen-bond acceptors (Lipinski definition) is 4. The van der Waals surface area contributed by atoms with Crippen LogP contribution in [-0.4, -0.2) is 29.9 Å². The van der Waals surface area contributed by atoms with Gasteiger partial charge in [-0.05, 0) is 18.1 Å². The lowest BCUT2D eigenvalue weighted by Crippen LogP contribution is -2.39. The average molecular weight is 250 g/mol. The Morgan fingerprint density at radius 3 is 2.78 bits per heavy atom. The molecule has 0 radical (unpaired) electrons. The Kier molecular flexibility index (Phi) is 5.79. The quantitative estimate of drug-likeness (QED) is 0.624. The minimum atomic E-state index is -0.350. The van der Waals surface area contributed by atoms with Gasteiger partial charge in [-0.25, -0.2) is 0 Å². The van der Waals surface area contributed by atoms with Gasteiger partial charge < -0.3 is 16.4 Å². The van der Waals surface area contributed by atoms with E-state index < -0.39 is 0 Å². The van der Waals surface area contributed by atoms with Gasteiger partial charge in [0.25, 0.3) is 0 Å². The number of carbonyl (C=O) groups excluding carboxylic acids is 2. The Morgan fingerprint density at radius 1 is 1.33 bits per heavy atom. The monoisotopic (exact) mass is 250 g/mol. The minimum Gasteiger partial charge on any atom is -0.349 e. The summed E-state index contributed by atoms with van der Waals surface area (Å²) < 4.78 is 0. The molecule has 2 amide bonds. The predicted octanol–water partition coefficient (Wildman–Crippen LogP) is -0.665. The number of amides is 2. The number of nitrogens with zero attached hydrogens (tertiary/aromatic N) is 1. The minimum absolute atomic E-state index is 0.0652. The molecule has 4 N–H and O–H groups in total. The van der Waals surface area contributed by atoms with Crippen molar-refractivity contribution in [3.8, 4) is 0 Å². The topological polar surface area (TPSA) is 97.1 Å². The van der Waals surface area contributed by atoms with E-state index in [1.165, 1.54) is 0 Å². The van der Waals surface area contributed by atoms with Crippen molar-refractivity contribution >= 4 is 11.8 Å². The average Bonchev–Trinajstić information content (AvgIpc) is 2.42. The number of nitrogens with one attached hydrogen (secondary N) is 2. The number of hydrogen-bond donors (Lipinski definition) is 3. The van der Waals surface area contributed by atoms with Crippen LogP contribution in [-0.2, 0) is 22.6 Å². The maximum Gasteiger partial charge on any atom is 0.239 e. The van der Waals surface area contributed by atoms with Crippen molar-refractivity contribution in [3.63, 3.8) is 0 Å². The first-order valence-electron chi connectivity index (χ1n) is 5.83. The number of pyridine rings is 1. The Morgan fingerprint density at radius 2 is 2.11 bits per heavy atom. The van der Waals surface area contributed by atoms with Crippen molar-refractivity contribution in [2.24, 2.45) is 5.73 Å². The molecule has 1 aromatic rings. The fourth-order valence-corrected chi connectivity index (χ4v) is 1.45. The largest absolute Gasteiger partial charge is 0.349 e. The third-order valence-electron chi connectivity index (χ3n) is 2.45. The predicted molar refractivity (Wildman–Crippen MR) is 67.5 cm³/mol. The first kappa shape index (κ1) is 14.1. The molecule has 18 heavy (non-hydrogen) atoms. The lowest BCUT2D eigenvalue weighted by atomic mass is 10.1. The summed E-state index contributed by atoms with van der Waals surface area (Å²) in [5, 5.41) is 5.10. The summed E-state index contributed by atoms with van der Waals surface area (Å²) in [5.74, 6) is -0.610. The van der Waals surface area contributed by atoms with Gasteiger partial charge in [-0.3, -0.25) is 14.6 Å². The molecular formula is C12H18N4O2. The fraction of sp³-hybridized carbons (Fsp3) is 0.417. The molecule has 0 bridgehead atoms. The number of carbonyl (C=O) groups is 2. The highest BCUT2D eigenvalue weighted by molar-refractivity contribution is 5.85. The molecule has 1 rings (SSSR count). The van der Waals surface area contributed by atoms with Crippen LogP contribution in [0.25, 0.3) is 0 Å². The fourth-order valence-electron chi connectivity index (χ4n) is 1.45. The lowest BCUT2D eigenvalue weighted by Gasteiger charge is -2.08. The maximum atomic E-state index is 11.4. The first-order valence-corrected chi connectivity index (χ1v) is 5.83. The number of rotatable bonds is 6. The van der Waals surface area contributed by atoms with Crippen LogP contribution in [0.2, 0.25) is 0 Å². The molecule has 6 nitrogen and oxygen atoms in total. The van der Waals surface area contributed by atoms with Crippen LogP contribution >= 0.6 is 0 Å². The summed E-state index contributed by atoms with van der Waals surface area (Å²) >= 11 is 0. The van der Waals surface area contributed by atoms with Crippen LogP contribution in [0.1, 0.15) is 18.2 Å². The molecule has 6 heteroatoms. The molecule has 0 spiro atoms. The van der Waals surface area contributed by atoms with Crippen molar-refractivity contribution < 1.29 is 9.59 Å². The van der Waals surface area contributed by atoms with E-state index in [1.807, 2.05) is 19.1 Å². The van der Waals surface area contributed by atoms with E-state index in [2.05, 4.69) is 15.6 Å². The molecule has 98 valence electrons.